The maximum absolute atomic E-state index is 14.3. The van der Waals surface area contributed by atoms with Gasteiger partial charge in [0, 0.05) is 38.3 Å². The highest BCUT2D eigenvalue weighted by molar-refractivity contribution is 6.07. The van der Waals surface area contributed by atoms with E-state index in [-0.39, 0.29) is 49.1 Å². The van der Waals surface area contributed by atoms with Crippen LogP contribution in [0.3, 0.4) is 0 Å². The number of fused-ring (bicyclic) bond motifs is 2. The van der Waals surface area contributed by atoms with Gasteiger partial charge in [-0.15, -0.1) is 0 Å². The molecule has 3 heterocycles. The Bertz CT molecular complexity index is 1370. The summed E-state index contributed by atoms with van der Waals surface area (Å²) < 4.78 is 73.3. The zero-order valence-electron chi connectivity index (χ0n) is 18.4. The van der Waals surface area contributed by atoms with Crippen LogP contribution in [0.4, 0.5) is 33.5 Å². The van der Waals surface area contributed by atoms with Gasteiger partial charge in [-0.1, -0.05) is 12.1 Å². The third-order valence-electron chi connectivity index (χ3n) is 5.90. The minimum absolute atomic E-state index is 0.00679. The standard InChI is InChI=1S/C24H17F5N4O3/c25-13-11-17(26)20-18(12-13)30-21(34)15-5-6-19(31-22(15)36-20)32-7-9-33(10-8-32)23(35)14-3-1-2-4-16(14)24(27,28)29/h1-6,11-12H,7-10H2,(H,30,34). The van der Waals surface area contributed by atoms with Crippen molar-refractivity contribution in [1.29, 1.82) is 0 Å². The van der Waals surface area contributed by atoms with Crippen molar-refractivity contribution in [3.8, 4) is 11.6 Å². The number of benzene rings is 2. The largest absolute Gasteiger partial charge is 0.433 e. The highest BCUT2D eigenvalue weighted by Crippen LogP contribution is 2.38. The van der Waals surface area contributed by atoms with Gasteiger partial charge in [-0.2, -0.15) is 18.2 Å². The molecule has 36 heavy (non-hydrogen) atoms. The van der Waals surface area contributed by atoms with Gasteiger partial charge in [-0.05, 0) is 24.3 Å². The molecule has 3 aromatic rings. The van der Waals surface area contributed by atoms with Crippen LogP contribution in [-0.2, 0) is 6.18 Å². The molecule has 2 aliphatic heterocycles. The molecule has 5 rings (SSSR count). The number of nitrogens with zero attached hydrogens (tertiary/aromatic N) is 3. The number of halogens is 5. The molecule has 0 unspecified atom stereocenters. The van der Waals surface area contributed by atoms with E-state index in [0.29, 0.717) is 11.9 Å². The second-order valence-electron chi connectivity index (χ2n) is 8.17. The Morgan fingerprint density at radius 1 is 1.00 bits per heavy atom. The maximum Gasteiger partial charge on any atom is 0.417 e. The second kappa shape index (κ2) is 8.77. The Kier molecular flexibility index (Phi) is 5.73. The Hall–Kier alpha value is -4.22. The molecule has 12 heteroatoms. The van der Waals surface area contributed by atoms with Crippen molar-refractivity contribution in [3.05, 3.63) is 76.9 Å². The molecule has 1 N–H and O–H groups in total. The summed E-state index contributed by atoms with van der Waals surface area (Å²) in [6, 6.07) is 9.12. The number of anilines is 2. The van der Waals surface area contributed by atoms with Crippen LogP contribution in [0.5, 0.6) is 11.6 Å². The van der Waals surface area contributed by atoms with Crippen molar-refractivity contribution < 1.29 is 36.3 Å². The van der Waals surface area contributed by atoms with E-state index in [1.807, 2.05) is 0 Å². The number of ether oxygens (including phenoxy) is 1. The zero-order valence-corrected chi connectivity index (χ0v) is 18.4. The molecular weight excluding hydrogens is 487 g/mol. The lowest BCUT2D eigenvalue weighted by molar-refractivity contribution is -0.138. The van der Waals surface area contributed by atoms with Crippen molar-refractivity contribution in [2.75, 3.05) is 36.4 Å². The van der Waals surface area contributed by atoms with E-state index in [4.69, 9.17) is 4.74 Å². The number of rotatable bonds is 2. The van der Waals surface area contributed by atoms with Gasteiger partial charge in [-0.25, -0.2) is 8.78 Å². The smallest absolute Gasteiger partial charge is 0.417 e. The summed E-state index contributed by atoms with van der Waals surface area (Å²) in [7, 11) is 0. The van der Waals surface area contributed by atoms with E-state index in [1.165, 1.54) is 29.2 Å². The number of nitrogens with one attached hydrogen (secondary N) is 1. The molecule has 1 aromatic heterocycles. The van der Waals surface area contributed by atoms with E-state index in [2.05, 4.69) is 10.3 Å². The number of amides is 2. The van der Waals surface area contributed by atoms with Crippen molar-refractivity contribution in [2.24, 2.45) is 0 Å². The van der Waals surface area contributed by atoms with E-state index >= 15 is 0 Å². The van der Waals surface area contributed by atoms with Crippen LogP contribution in [0.2, 0.25) is 0 Å². The molecule has 0 spiro atoms. The fourth-order valence-corrected chi connectivity index (χ4v) is 4.13. The monoisotopic (exact) mass is 504 g/mol. The van der Waals surface area contributed by atoms with E-state index in [0.717, 1.165) is 18.2 Å². The molecule has 7 nitrogen and oxygen atoms in total. The van der Waals surface area contributed by atoms with Gasteiger partial charge in [-0.3, -0.25) is 9.59 Å². The van der Waals surface area contributed by atoms with E-state index in [1.54, 1.807) is 4.90 Å². The van der Waals surface area contributed by atoms with Gasteiger partial charge in [0.2, 0.25) is 5.88 Å². The Labute approximate surface area is 201 Å². The van der Waals surface area contributed by atoms with Crippen molar-refractivity contribution >= 4 is 23.3 Å². The topological polar surface area (TPSA) is 74.8 Å². The molecule has 1 fully saturated rings. The third-order valence-corrected chi connectivity index (χ3v) is 5.90. The predicted octanol–water partition coefficient (Wildman–Crippen LogP) is 4.70. The Morgan fingerprint density at radius 3 is 2.44 bits per heavy atom. The lowest BCUT2D eigenvalue weighted by Gasteiger charge is -2.36. The zero-order chi connectivity index (χ0) is 25.6. The van der Waals surface area contributed by atoms with Gasteiger partial charge in [0.1, 0.15) is 17.2 Å². The number of hydrogen-bond donors (Lipinski definition) is 1. The van der Waals surface area contributed by atoms with Crippen molar-refractivity contribution in [1.82, 2.24) is 9.88 Å². The molecule has 0 radical (unpaired) electrons. The van der Waals surface area contributed by atoms with Crippen LogP contribution in [0.25, 0.3) is 0 Å². The summed E-state index contributed by atoms with van der Waals surface area (Å²) >= 11 is 0. The van der Waals surface area contributed by atoms with E-state index < -0.39 is 40.8 Å². The lowest BCUT2D eigenvalue weighted by atomic mass is 10.1. The molecule has 2 aromatic carbocycles. The molecule has 1 saturated heterocycles. The van der Waals surface area contributed by atoms with E-state index in [9.17, 15) is 31.5 Å². The normalized spacial score (nSPS) is 15.4. The highest BCUT2D eigenvalue weighted by Gasteiger charge is 2.36. The summed E-state index contributed by atoms with van der Waals surface area (Å²) in [5, 5.41) is 2.39. The molecule has 0 saturated carbocycles. The van der Waals surface area contributed by atoms with Gasteiger partial charge >= 0.3 is 6.18 Å². The molecule has 2 aliphatic rings. The van der Waals surface area contributed by atoms with Crippen LogP contribution >= 0.6 is 0 Å². The third kappa shape index (κ3) is 4.30. The van der Waals surface area contributed by atoms with Gasteiger partial charge in [0.15, 0.2) is 11.6 Å². The Morgan fingerprint density at radius 2 is 1.72 bits per heavy atom. The second-order valence-corrected chi connectivity index (χ2v) is 8.17. The molecule has 0 atom stereocenters. The van der Waals surface area contributed by atoms with Gasteiger partial charge in [0.05, 0.1) is 16.8 Å². The van der Waals surface area contributed by atoms with Crippen LogP contribution in [0.1, 0.15) is 26.3 Å². The number of piperazine rings is 1. The molecule has 186 valence electrons. The first kappa shape index (κ1) is 23.5. The van der Waals surface area contributed by atoms with Crippen LogP contribution in [0, 0.1) is 11.6 Å². The average Bonchev–Trinajstić information content (AvgIpc) is 2.99. The molecule has 0 bridgehead atoms. The average molecular weight is 504 g/mol. The first-order chi connectivity index (χ1) is 17.1. The first-order valence-corrected chi connectivity index (χ1v) is 10.8. The SMILES string of the molecule is O=C1Nc2cc(F)cc(F)c2Oc2nc(N3CCN(C(=O)c4ccccc4C(F)(F)F)CC3)ccc21. The minimum Gasteiger partial charge on any atom is -0.433 e. The van der Waals surface area contributed by atoms with Gasteiger partial charge < -0.3 is 19.9 Å². The molecule has 0 aliphatic carbocycles. The summed E-state index contributed by atoms with van der Waals surface area (Å²) in [6.07, 6.45) is -4.66. The van der Waals surface area contributed by atoms with Crippen molar-refractivity contribution in [2.45, 2.75) is 6.18 Å². The van der Waals surface area contributed by atoms with Crippen LogP contribution in [0.15, 0.2) is 48.5 Å². The minimum atomic E-state index is -4.66. The maximum atomic E-state index is 14.3. The summed E-state index contributed by atoms with van der Waals surface area (Å²) in [6.45, 7) is 0.742. The van der Waals surface area contributed by atoms with Crippen LogP contribution in [-0.4, -0.2) is 47.9 Å². The quantitative estimate of drug-likeness (QED) is 0.513. The fourth-order valence-electron chi connectivity index (χ4n) is 4.13. The fraction of sp³-hybridized carbons (Fsp3) is 0.208. The summed E-state index contributed by atoms with van der Waals surface area (Å²) in [5.41, 5.74) is -1.58. The number of pyridine rings is 1. The first-order valence-electron chi connectivity index (χ1n) is 10.8. The summed E-state index contributed by atoms with van der Waals surface area (Å²) in [4.78, 5) is 32.7. The lowest BCUT2D eigenvalue weighted by Crippen LogP contribution is -2.49. The molecule has 2 amide bonds. The molecular formula is C24H17F5N4O3. The van der Waals surface area contributed by atoms with Gasteiger partial charge in [0.25, 0.3) is 11.8 Å². The highest BCUT2D eigenvalue weighted by atomic mass is 19.4. The number of aromatic nitrogens is 1. The Balaban J connectivity index is 1.34. The van der Waals surface area contributed by atoms with Crippen molar-refractivity contribution in [3.63, 3.8) is 0 Å². The number of alkyl halides is 3. The number of hydrogen-bond acceptors (Lipinski definition) is 5. The summed E-state index contributed by atoms with van der Waals surface area (Å²) in [5.74, 6) is -3.51. The predicted molar refractivity (Wildman–Crippen MR) is 118 cm³/mol. The van der Waals surface area contributed by atoms with Crippen LogP contribution < -0.4 is 15.0 Å². The number of carbonyl (C=O) groups is 2. The number of carbonyl (C=O) groups excluding carboxylic acids is 2.